The molecule has 1 fully saturated rings. The van der Waals surface area contributed by atoms with Crippen LogP contribution in [0.15, 0.2) is 16.5 Å². The summed E-state index contributed by atoms with van der Waals surface area (Å²) in [5.41, 5.74) is 0. The van der Waals surface area contributed by atoms with Gasteiger partial charge in [0.1, 0.15) is 18.1 Å². The first-order valence-electron chi connectivity index (χ1n) is 6.18. The summed E-state index contributed by atoms with van der Waals surface area (Å²) in [6, 6.07) is 4.29. The molecule has 0 aliphatic carbocycles. The molecule has 2 rings (SSSR count). The van der Waals surface area contributed by atoms with E-state index in [9.17, 15) is 0 Å². The Bertz CT molecular complexity index is 350. The van der Waals surface area contributed by atoms with Crippen LogP contribution in [0.1, 0.15) is 31.3 Å². The summed E-state index contributed by atoms with van der Waals surface area (Å²) < 4.78 is 10.9. The molecule has 1 aromatic heterocycles. The fourth-order valence-electron chi connectivity index (χ4n) is 2.42. The highest BCUT2D eigenvalue weighted by Gasteiger charge is 2.25. The fourth-order valence-corrected chi connectivity index (χ4v) is 2.42. The van der Waals surface area contributed by atoms with Crippen LogP contribution >= 0.6 is 0 Å². The molecule has 1 saturated heterocycles. The topological polar surface area (TPSA) is 45.8 Å². The van der Waals surface area contributed by atoms with Crippen LogP contribution in [0.2, 0.25) is 0 Å². The molecular weight excluding hydrogens is 218 g/mol. The van der Waals surface area contributed by atoms with Crippen LogP contribution in [-0.4, -0.2) is 35.8 Å². The Kier molecular flexibility index (Phi) is 4.20. The second-order valence-corrected chi connectivity index (χ2v) is 4.73. The summed E-state index contributed by atoms with van der Waals surface area (Å²) in [6.07, 6.45) is 2.55. The quantitative estimate of drug-likeness (QED) is 0.870. The number of ether oxygens (including phenoxy) is 1. The van der Waals surface area contributed by atoms with Crippen molar-refractivity contribution in [2.24, 2.45) is 0 Å². The lowest BCUT2D eigenvalue weighted by atomic mass is 10.0. The third-order valence-electron chi connectivity index (χ3n) is 3.53. The average molecular weight is 239 g/mol. The number of rotatable bonds is 4. The van der Waals surface area contributed by atoms with Gasteiger partial charge in [-0.05, 0) is 31.9 Å². The van der Waals surface area contributed by atoms with E-state index < -0.39 is 0 Å². The minimum absolute atomic E-state index is 0.0265. The van der Waals surface area contributed by atoms with Gasteiger partial charge in [0.15, 0.2) is 0 Å². The van der Waals surface area contributed by atoms with Crippen LogP contribution in [0, 0.1) is 0 Å². The average Bonchev–Trinajstić information content (AvgIpc) is 2.79. The van der Waals surface area contributed by atoms with Crippen molar-refractivity contribution in [3.8, 4) is 0 Å². The highest BCUT2D eigenvalue weighted by Crippen LogP contribution is 2.22. The van der Waals surface area contributed by atoms with Gasteiger partial charge in [0.2, 0.25) is 0 Å². The molecule has 0 saturated carbocycles. The third-order valence-corrected chi connectivity index (χ3v) is 3.53. The van der Waals surface area contributed by atoms with Crippen molar-refractivity contribution in [2.45, 2.75) is 45.1 Å². The number of piperidine rings is 1. The highest BCUT2D eigenvalue weighted by atomic mass is 16.5. The Balaban J connectivity index is 1.91. The Morgan fingerprint density at radius 1 is 1.47 bits per heavy atom. The summed E-state index contributed by atoms with van der Waals surface area (Å²) in [4.78, 5) is 2.40. The minimum atomic E-state index is -0.0265. The van der Waals surface area contributed by atoms with Gasteiger partial charge in [-0.1, -0.05) is 0 Å². The van der Waals surface area contributed by atoms with E-state index in [0.717, 1.165) is 31.7 Å². The summed E-state index contributed by atoms with van der Waals surface area (Å²) >= 11 is 0. The number of aliphatic hydroxyl groups excluding tert-OH is 1. The SMILES string of the molecule is COC1CCN(Cc2ccc(CO)o2)C(C)C1. The summed E-state index contributed by atoms with van der Waals surface area (Å²) in [5.74, 6) is 1.57. The molecular formula is C13H21NO3. The molecule has 4 nitrogen and oxygen atoms in total. The van der Waals surface area contributed by atoms with Crippen LogP contribution in [0.25, 0.3) is 0 Å². The predicted octanol–water partition coefficient (Wildman–Crippen LogP) is 1.77. The van der Waals surface area contributed by atoms with Crippen LogP contribution in [0.5, 0.6) is 0 Å². The number of hydrogen-bond donors (Lipinski definition) is 1. The maximum atomic E-state index is 8.95. The monoisotopic (exact) mass is 239 g/mol. The molecule has 0 bridgehead atoms. The number of hydrogen-bond acceptors (Lipinski definition) is 4. The smallest absolute Gasteiger partial charge is 0.129 e. The molecule has 2 heterocycles. The molecule has 2 unspecified atom stereocenters. The molecule has 17 heavy (non-hydrogen) atoms. The second kappa shape index (κ2) is 5.67. The molecule has 1 aromatic rings. The maximum Gasteiger partial charge on any atom is 0.129 e. The van der Waals surface area contributed by atoms with E-state index in [0.29, 0.717) is 17.9 Å². The molecule has 0 spiro atoms. The van der Waals surface area contributed by atoms with Gasteiger partial charge < -0.3 is 14.3 Å². The molecule has 1 N–H and O–H groups in total. The fraction of sp³-hybridized carbons (Fsp3) is 0.692. The normalized spacial score (nSPS) is 26.3. The number of furan rings is 1. The molecule has 1 aliphatic rings. The van der Waals surface area contributed by atoms with Crippen molar-refractivity contribution in [2.75, 3.05) is 13.7 Å². The predicted molar refractivity (Wildman–Crippen MR) is 64.5 cm³/mol. The van der Waals surface area contributed by atoms with Crippen molar-refractivity contribution in [1.29, 1.82) is 0 Å². The van der Waals surface area contributed by atoms with E-state index in [1.165, 1.54) is 0 Å². The zero-order valence-electron chi connectivity index (χ0n) is 10.6. The minimum Gasteiger partial charge on any atom is -0.462 e. The standard InChI is InChI=1S/C13H21NO3/c1-10-7-11(16-2)5-6-14(10)8-12-3-4-13(9-15)17-12/h3-4,10-11,15H,5-9H2,1-2H3. The lowest BCUT2D eigenvalue weighted by Crippen LogP contribution is -2.42. The Morgan fingerprint density at radius 3 is 2.82 bits per heavy atom. The van der Waals surface area contributed by atoms with E-state index in [2.05, 4.69) is 11.8 Å². The molecule has 2 atom stereocenters. The van der Waals surface area contributed by atoms with E-state index in [4.69, 9.17) is 14.3 Å². The third kappa shape index (κ3) is 3.09. The Hall–Kier alpha value is -0.840. The van der Waals surface area contributed by atoms with Crippen LogP contribution in [-0.2, 0) is 17.9 Å². The van der Waals surface area contributed by atoms with Crippen LogP contribution < -0.4 is 0 Å². The zero-order valence-corrected chi connectivity index (χ0v) is 10.6. The van der Waals surface area contributed by atoms with Gasteiger partial charge in [0.05, 0.1) is 12.6 Å². The molecule has 0 amide bonds. The molecule has 4 heteroatoms. The number of likely N-dealkylation sites (tertiary alicyclic amines) is 1. The summed E-state index contributed by atoms with van der Waals surface area (Å²) in [7, 11) is 1.78. The van der Waals surface area contributed by atoms with Crippen molar-refractivity contribution >= 4 is 0 Å². The molecule has 96 valence electrons. The van der Waals surface area contributed by atoms with E-state index >= 15 is 0 Å². The lowest BCUT2D eigenvalue weighted by Gasteiger charge is -2.36. The molecule has 1 aliphatic heterocycles. The lowest BCUT2D eigenvalue weighted by molar-refractivity contribution is 0.0105. The van der Waals surface area contributed by atoms with E-state index in [1.54, 1.807) is 7.11 Å². The van der Waals surface area contributed by atoms with Gasteiger partial charge in [-0.15, -0.1) is 0 Å². The first-order valence-corrected chi connectivity index (χ1v) is 6.18. The van der Waals surface area contributed by atoms with Crippen molar-refractivity contribution < 1.29 is 14.3 Å². The molecule has 0 aromatic carbocycles. The van der Waals surface area contributed by atoms with E-state index in [-0.39, 0.29) is 6.61 Å². The Labute approximate surface area is 102 Å². The molecule has 0 radical (unpaired) electrons. The van der Waals surface area contributed by atoms with E-state index in [1.807, 2.05) is 12.1 Å². The zero-order chi connectivity index (χ0) is 12.3. The Morgan fingerprint density at radius 2 is 2.24 bits per heavy atom. The van der Waals surface area contributed by atoms with Crippen LogP contribution in [0.4, 0.5) is 0 Å². The van der Waals surface area contributed by atoms with Crippen molar-refractivity contribution in [1.82, 2.24) is 4.90 Å². The summed E-state index contributed by atoms with van der Waals surface area (Å²) in [6.45, 7) is 4.05. The van der Waals surface area contributed by atoms with Crippen molar-refractivity contribution in [3.63, 3.8) is 0 Å². The van der Waals surface area contributed by atoms with Gasteiger partial charge in [-0.3, -0.25) is 4.90 Å². The number of aliphatic hydroxyl groups is 1. The largest absolute Gasteiger partial charge is 0.462 e. The van der Waals surface area contributed by atoms with Gasteiger partial charge in [-0.25, -0.2) is 0 Å². The van der Waals surface area contributed by atoms with Gasteiger partial charge in [-0.2, -0.15) is 0 Å². The van der Waals surface area contributed by atoms with Gasteiger partial charge in [0, 0.05) is 19.7 Å². The van der Waals surface area contributed by atoms with Crippen molar-refractivity contribution in [3.05, 3.63) is 23.7 Å². The second-order valence-electron chi connectivity index (χ2n) is 4.73. The van der Waals surface area contributed by atoms with Gasteiger partial charge in [0.25, 0.3) is 0 Å². The van der Waals surface area contributed by atoms with Gasteiger partial charge >= 0.3 is 0 Å². The number of nitrogens with zero attached hydrogens (tertiary/aromatic N) is 1. The highest BCUT2D eigenvalue weighted by molar-refractivity contribution is 5.06. The van der Waals surface area contributed by atoms with Crippen LogP contribution in [0.3, 0.4) is 0 Å². The number of methoxy groups -OCH3 is 1. The maximum absolute atomic E-state index is 8.95. The first kappa shape index (κ1) is 12.6. The first-order chi connectivity index (χ1) is 8.22. The summed E-state index contributed by atoms with van der Waals surface area (Å²) in [5, 5.41) is 8.95.